The van der Waals surface area contributed by atoms with Gasteiger partial charge in [0, 0.05) is 5.69 Å². The van der Waals surface area contributed by atoms with Crippen molar-refractivity contribution in [2.24, 2.45) is 0 Å². The van der Waals surface area contributed by atoms with Crippen molar-refractivity contribution in [3.63, 3.8) is 0 Å². The molecule has 0 fully saturated rings. The first-order valence-electron chi connectivity index (χ1n) is 6.06. The first kappa shape index (κ1) is 15.1. The molecule has 0 spiro atoms. The first-order valence-corrected chi connectivity index (χ1v) is 6.44. The predicted octanol–water partition coefficient (Wildman–Crippen LogP) is 2.98. The Morgan fingerprint density at radius 2 is 2.05 bits per heavy atom. The second-order valence-electron chi connectivity index (χ2n) is 4.34. The highest BCUT2D eigenvalue weighted by Gasteiger charge is 2.18. The molecule has 1 aromatic carbocycles. The number of amides is 1. The third-order valence-electron chi connectivity index (χ3n) is 2.89. The molecule has 1 aromatic heterocycles. The molecule has 6 nitrogen and oxygen atoms in total. The Morgan fingerprint density at radius 3 is 2.62 bits per heavy atom. The van der Waals surface area contributed by atoms with Crippen LogP contribution in [0.3, 0.4) is 0 Å². The molecule has 1 amide bonds. The Labute approximate surface area is 126 Å². The number of nitrogens with zero attached hydrogens (tertiary/aromatic N) is 1. The van der Waals surface area contributed by atoms with Gasteiger partial charge in [0.2, 0.25) is 0 Å². The highest BCUT2D eigenvalue weighted by molar-refractivity contribution is 6.33. The van der Waals surface area contributed by atoms with E-state index in [1.165, 1.54) is 19.2 Å². The maximum Gasteiger partial charge on any atom is 0.339 e. The third kappa shape index (κ3) is 3.05. The second-order valence-corrected chi connectivity index (χ2v) is 4.75. The van der Waals surface area contributed by atoms with Crippen LogP contribution in [0.5, 0.6) is 0 Å². The topological polar surface area (TPSA) is 81.4 Å². The van der Waals surface area contributed by atoms with Gasteiger partial charge in [-0.3, -0.25) is 4.79 Å². The molecule has 2 rings (SSSR count). The van der Waals surface area contributed by atoms with Gasteiger partial charge < -0.3 is 14.6 Å². The van der Waals surface area contributed by atoms with E-state index < -0.39 is 5.97 Å². The molecule has 0 atom stereocenters. The lowest BCUT2D eigenvalue weighted by Gasteiger charge is -2.08. The second kappa shape index (κ2) is 5.97. The van der Waals surface area contributed by atoms with E-state index in [-0.39, 0.29) is 16.5 Å². The summed E-state index contributed by atoms with van der Waals surface area (Å²) in [6, 6.07) is 4.55. The van der Waals surface area contributed by atoms with E-state index in [2.05, 4.69) is 15.2 Å². The van der Waals surface area contributed by atoms with Gasteiger partial charge in [0.15, 0.2) is 0 Å². The van der Waals surface area contributed by atoms with Gasteiger partial charge in [-0.15, -0.1) is 0 Å². The summed E-state index contributed by atoms with van der Waals surface area (Å²) in [7, 11) is 1.26. The van der Waals surface area contributed by atoms with Gasteiger partial charge in [0.25, 0.3) is 5.91 Å². The lowest BCUT2D eigenvalue weighted by atomic mass is 10.1. The molecule has 0 saturated heterocycles. The lowest BCUT2D eigenvalue weighted by Crippen LogP contribution is -2.14. The van der Waals surface area contributed by atoms with E-state index in [9.17, 15) is 9.59 Å². The molecule has 0 radical (unpaired) electrons. The van der Waals surface area contributed by atoms with Crippen molar-refractivity contribution in [3.8, 4) is 0 Å². The molecule has 21 heavy (non-hydrogen) atoms. The minimum Gasteiger partial charge on any atom is -0.465 e. The van der Waals surface area contributed by atoms with E-state index in [1.54, 1.807) is 19.9 Å². The van der Waals surface area contributed by atoms with Gasteiger partial charge >= 0.3 is 5.97 Å². The molecule has 0 aliphatic carbocycles. The highest BCUT2D eigenvalue weighted by atomic mass is 35.5. The fourth-order valence-corrected chi connectivity index (χ4v) is 2.06. The van der Waals surface area contributed by atoms with Crippen LogP contribution in [-0.2, 0) is 4.74 Å². The number of aromatic nitrogens is 1. The largest absolute Gasteiger partial charge is 0.465 e. The quantitative estimate of drug-likeness (QED) is 0.881. The van der Waals surface area contributed by atoms with Crippen molar-refractivity contribution >= 4 is 29.2 Å². The van der Waals surface area contributed by atoms with Crippen molar-refractivity contribution in [2.75, 3.05) is 12.4 Å². The standard InChI is InChI=1S/C14H13ClN2O4/c1-7-12(8(2)21-17-7)13(18)16-9-4-5-11(15)10(6-9)14(19)20-3/h4-6H,1-3H3,(H,16,18). The number of esters is 1. The Kier molecular flexibility index (Phi) is 4.28. The Balaban J connectivity index is 2.28. The summed E-state index contributed by atoms with van der Waals surface area (Å²) in [5, 5.41) is 6.64. The SMILES string of the molecule is COC(=O)c1cc(NC(=O)c2c(C)noc2C)ccc1Cl. The van der Waals surface area contributed by atoms with Gasteiger partial charge in [-0.1, -0.05) is 16.8 Å². The number of rotatable bonds is 3. The van der Waals surface area contributed by atoms with Crippen LogP contribution in [0.2, 0.25) is 5.02 Å². The fourth-order valence-electron chi connectivity index (χ4n) is 1.87. The summed E-state index contributed by atoms with van der Waals surface area (Å²) in [6.45, 7) is 3.32. The number of benzene rings is 1. The molecule has 110 valence electrons. The number of nitrogens with one attached hydrogen (secondary N) is 1. The van der Waals surface area contributed by atoms with Crippen LogP contribution in [0.4, 0.5) is 5.69 Å². The zero-order valence-electron chi connectivity index (χ0n) is 11.7. The number of methoxy groups -OCH3 is 1. The minimum atomic E-state index is -0.576. The summed E-state index contributed by atoms with van der Waals surface area (Å²) < 4.78 is 9.57. The molecular formula is C14H13ClN2O4. The molecule has 0 saturated carbocycles. The van der Waals surface area contributed by atoms with Gasteiger partial charge in [0.1, 0.15) is 11.3 Å². The maximum atomic E-state index is 12.2. The number of carbonyl (C=O) groups is 2. The van der Waals surface area contributed by atoms with E-state index in [1.807, 2.05) is 0 Å². The highest BCUT2D eigenvalue weighted by Crippen LogP contribution is 2.22. The van der Waals surface area contributed by atoms with Crippen molar-refractivity contribution in [3.05, 3.63) is 45.8 Å². The van der Waals surface area contributed by atoms with Crippen LogP contribution in [-0.4, -0.2) is 24.1 Å². The van der Waals surface area contributed by atoms with E-state index in [4.69, 9.17) is 16.1 Å². The number of hydrogen-bond acceptors (Lipinski definition) is 5. The summed E-state index contributed by atoms with van der Waals surface area (Å²) in [4.78, 5) is 23.8. The van der Waals surface area contributed by atoms with E-state index in [0.29, 0.717) is 22.7 Å². The zero-order valence-corrected chi connectivity index (χ0v) is 12.4. The van der Waals surface area contributed by atoms with Crippen molar-refractivity contribution in [2.45, 2.75) is 13.8 Å². The van der Waals surface area contributed by atoms with Gasteiger partial charge in [-0.25, -0.2) is 4.79 Å². The smallest absolute Gasteiger partial charge is 0.339 e. The van der Waals surface area contributed by atoms with E-state index >= 15 is 0 Å². The Hall–Kier alpha value is -2.34. The number of aryl methyl sites for hydroxylation is 2. The normalized spacial score (nSPS) is 10.3. The Morgan fingerprint density at radius 1 is 1.33 bits per heavy atom. The predicted molar refractivity (Wildman–Crippen MR) is 76.7 cm³/mol. The van der Waals surface area contributed by atoms with Crippen molar-refractivity contribution in [1.82, 2.24) is 5.16 Å². The van der Waals surface area contributed by atoms with Crippen LogP contribution in [0.15, 0.2) is 22.7 Å². The summed E-state index contributed by atoms with van der Waals surface area (Å²) in [6.07, 6.45) is 0. The minimum absolute atomic E-state index is 0.177. The van der Waals surface area contributed by atoms with Crippen LogP contribution in [0, 0.1) is 13.8 Å². The van der Waals surface area contributed by atoms with Crippen LogP contribution < -0.4 is 5.32 Å². The molecule has 2 aromatic rings. The van der Waals surface area contributed by atoms with Crippen LogP contribution in [0.25, 0.3) is 0 Å². The number of ether oxygens (including phenoxy) is 1. The Bertz CT molecular complexity index is 689. The van der Waals surface area contributed by atoms with Crippen molar-refractivity contribution in [1.29, 1.82) is 0 Å². The molecule has 0 bridgehead atoms. The molecule has 0 aliphatic rings. The summed E-state index contributed by atoms with van der Waals surface area (Å²) >= 11 is 5.92. The molecular weight excluding hydrogens is 296 g/mol. The first-order chi connectivity index (χ1) is 9.93. The maximum absolute atomic E-state index is 12.2. The van der Waals surface area contributed by atoms with Gasteiger partial charge in [-0.05, 0) is 32.0 Å². The number of anilines is 1. The monoisotopic (exact) mass is 308 g/mol. The number of halogens is 1. The number of hydrogen-bond donors (Lipinski definition) is 1. The molecule has 0 unspecified atom stereocenters. The van der Waals surface area contributed by atoms with Gasteiger partial charge in [-0.2, -0.15) is 0 Å². The van der Waals surface area contributed by atoms with Crippen molar-refractivity contribution < 1.29 is 18.8 Å². The summed E-state index contributed by atoms with van der Waals surface area (Å²) in [5.41, 5.74) is 1.46. The average Bonchev–Trinajstić information content (AvgIpc) is 2.79. The zero-order chi connectivity index (χ0) is 15.6. The van der Waals surface area contributed by atoms with E-state index in [0.717, 1.165) is 0 Å². The van der Waals surface area contributed by atoms with Crippen LogP contribution in [0.1, 0.15) is 32.2 Å². The average molecular weight is 309 g/mol. The molecule has 0 aliphatic heterocycles. The molecule has 1 heterocycles. The molecule has 7 heteroatoms. The lowest BCUT2D eigenvalue weighted by molar-refractivity contribution is 0.0600. The fraction of sp³-hybridized carbons (Fsp3) is 0.214. The van der Waals surface area contributed by atoms with Crippen LogP contribution >= 0.6 is 11.6 Å². The van der Waals surface area contributed by atoms with Gasteiger partial charge in [0.05, 0.1) is 23.4 Å². The molecule has 1 N–H and O–H groups in total. The summed E-state index contributed by atoms with van der Waals surface area (Å²) in [5.74, 6) is -0.523. The number of carbonyl (C=O) groups excluding carboxylic acids is 2. The third-order valence-corrected chi connectivity index (χ3v) is 3.22.